The van der Waals surface area contributed by atoms with Crippen molar-refractivity contribution in [3.05, 3.63) is 77.2 Å². The predicted molar refractivity (Wildman–Crippen MR) is 125 cm³/mol. The molecule has 3 aromatic rings. The number of carbonyl (C=O) groups is 1. The number of rotatable bonds is 4. The van der Waals surface area contributed by atoms with E-state index in [0.29, 0.717) is 44.3 Å². The fourth-order valence-corrected chi connectivity index (χ4v) is 6.93. The highest BCUT2D eigenvalue weighted by atomic mass is 32.2. The summed E-state index contributed by atoms with van der Waals surface area (Å²) in [6, 6.07) is 15.0. The van der Waals surface area contributed by atoms with Crippen molar-refractivity contribution in [2.75, 3.05) is 11.4 Å². The Morgan fingerprint density at radius 1 is 1.06 bits per heavy atom. The van der Waals surface area contributed by atoms with Crippen LogP contribution in [0, 0.1) is 16.5 Å². The minimum Gasteiger partial charge on any atom is -0.312 e. The van der Waals surface area contributed by atoms with Gasteiger partial charge < -0.3 is 4.90 Å². The Morgan fingerprint density at radius 2 is 1.88 bits per heavy atom. The van der Waals surface area contributed by atoms with E-state index in [9.17, 15) is 13.4 Å². The summed E-state index contributed by atoms with van der Waals surface area (Å²) >= 11 is 0. The molecule has 3 aliphatic rings. The maximum absolute atomic E-state index is 14.7. The Morgan fingerprint density at radius 3 is 2.64 bits per heavy atom. The van der Waals surface area contributed by atoms with Gasteiger partial charge in [0.2, 0.25) is 5.91 Å². The van der Waals surface area contributed by atoms with Gasteiger partial charge in [-0.05, 0) is 79.1 Å². The van der Waals surface area contributed by atoms with Crippen LogP contribution in [-0.2, 0) is 33.8 Å². The monoisotopic (exact) mass is 461 g/mol. The number of aromatic nitrogens is 1. The maximum Gasteiger partial charge on any atom is 0.230 e. The topological polar surface area (TPSA) is 74.1 Å². The minimum atomic E-state index is -3.18. The Bertz CT molecular complexity index is 1380. The van der Waals surface area contributed by atoms with E-state index in [1.165, 1.54) is 23.3 Å². The number of halogens is 1. The highest BCUT2D eigenvalue weighted by Gasteiger charge is 2.38. The molecule has 0 bridgehead atoms. The largest absolute Gasteiger partial charge is 0.312 e. The first-order chi connectivity index (χ1) is 15.9. The van der Waals surface area contributed by atoms with Crippen LogP contribution in [0.25, 0.3) is 11.3 Å². The van der Waals surface area contributed by atoms with E-state index in [0.717, 1.165) is 16.8 Å². The third kappa shape index (κ3) is 3.46. The van der Waals surface area contributed by atoms with Crippen LogP contribution < -0.4 is 4.90 Å². The van der Waals surface area contributed by atoms with Gasteiger partial charge in [0, 0.05) is 35.2 Å². The van der Waals surface area contributed by atoms with Gasteiger partial charge in [-0.3, -0.25) is 9.78 Å². The molecule has 2 aliphatic carbocycles. The molecule has 1 N–H and O–H groups in total. The van der Waals surface area contributed by atoms with Crippen LogP contribution >= 0.6 is 0 Å². The molecule has 7 heteroatoms. The summed E-state index contributed by atoms with van der Waals surface area (Å²) in [5.74, 6) is -0.739. The first-order valence-electron chi connectivity index (χ1n) is 11.4. The average Bonchev–Trinajstić information content (AvgIpc) is 3.48. The summed E-state index contributed by atoms with van der Waals surface area (Å²) in [5.41, 5.74) is 5.67. The van der Waals surface area contributed by atoms with Gasteiger partial charge in [0.1, 0.15) is 5.82 Å². The zero-order valence-electron chi connectivity index (χ0n) is 18.1. The lowest BCUT2D eigenvalue weighted by atomic mass is 10.0. The molecule has 5 nitrogen and oxygen atoms in total. The molecule has 33 heavy (non-hydrogen) atoms. The zero-order valence-corrected chi connectivity index (χ0v) is 18.9. The van der Waals surface area contributed by atoms with Crippen molar-refractivity contribution in [1.29, 1.82) is 4.78 Å². The van der Waals surface area contributed by atoms with Crippen molar-refractivity contribution in [2.45, 2.75) is 42.2 Å². The SMILES string of the molecule is N=[S@@](=O)(c1cc2c(cc1F)CCN2C(=O)[C@@H]1Cc2ccc(-c3ccccn3)cc2C1)C1CC1. The van der Waals surface area contributed by atoms with Gasteiger partial charge in [-0.15, -0.1) is 0 Å². The quantitative estimate of drug-likeness (QED) is 0.609. The fraction of sp³-hybridized carbons (Fsp3) is 0.308. The van der Waals surface area contributed by atoms with Crippen LogP contribution in [0.1, 0.15) is 29.5 Å². The van der Waals surface area contributed by atoms with Crippen molar-refractivity contribution >= 4 is 21.3 Å². The molecule has 2 atom stereocenters. The number of hydrogen-bond acceptors (Lipinski definition) is 4. The standard InChI is InChI=1S/C26H24FN3O2S/c27-22-14-18-8-10-30(24(18)15-25(22)33(28,32)21-6-7-21)26(31)20-11-16-4-5-17(12-19(16)13-20)23-3-1-2-9-29-23/h1-5,9,12,14-15,20-21,28H,6-8,10-11,13H2/t20-,33+/m1/s1. The third-order valence-electron chi connectivity index (χ3n) is 7.06. The molecular formula is C26H24FN3O2S. The van der Waals surface area contributed by atoms with E-state index >= 15 is 0 Å². The fourth-order valence-electron chi connectivity index (χ4n) is 5.13. The molecular weight excluding hydrogens is 437 g/mol. The summed E-state index contributed by atoms with van der Waals surface area (Å²) in [5, 5.41) is -0.270. The lowest BCUT2D eigenvalue weighted by Gasteiger charge is -2.22. The lowest BCUT2D eigenvalue weighted by Crippen LogP contribution is -2.35. The summed E-state index contributed by atoms with van der Waals surface area (Å²) in [6.07, 6.45) is 5.07. The second-order valence-electron chi connectivity index (χ2n) is 9.25. The summed E-state index contributed by atoms with van der Waals surface area (Å²) in [4.78, 5) is 19.6. The van der Waals surface area contributed by atoms with Gasteiger partial charge >= 0.3 is 0 Å². The van der Waals surface area contributed by atoms with Gasteiger partial charge in [0.05, 0.1) is 20.3 Å². The number of nitrogens with one attached hydrogen (secondary N) is 1. The van der Waals surface area contributed by atoms with Crippen LogP contribution in [0.5, 0.6) is 0 Å². The van der Waals surface area contributed by atoms with Gasteiger partial charge in [-0.2, -0.15) is 0 Å². The van der Waals surface area contributed by atoms with Crippen LogP contribution in [0.2, 0.25) is 0 Å². The molecule has 2 aromatic carbocycles. The second-order valence-corrected chi connectivity index (χ2v) is 11.6. The smallest absolute Gasteiger partial charge is 0.230 e. The third-order valence-corrected chi connectivity index (χ3v) is 9.44. The van der Waals surface area contributed by atoms with E-state index < -0.39 is 15.5 Å². The first-order valence-corrected chi connectivity index (χ1v) is 13.0. The first kappa shape index (κ1) is 20.5. The maximum atomic E-state index is 14.7. The normalized spacial score (nSPS) is 20.9. The summed E-state index contributed by atoms with van der Waals surface area (Å²) in [7, 11) is -3.18. The van der Waals surface area contributed by atoms with E-state index in [1.807, 2.05) is 18.2 Å². The summed E-state index contributed by atoms with van der Waals surface area (Å²) < 4.78 is 35.9. The number of fused-ring (bicyclic) bond motifs is 2. The van der Waals surface area contributed by atoms with E-state index in [2.05, 4.69) is 23.2 Å². The van der Waals surface area contributed by atoms with E-state index in [4.69, 9.17) is 4.78 Å². The highest BCUT2D eigenvalue weighted by molar-refractivity contribution is 7.93. The number of nitrogens with zero attached hydrogens (tertiary/aromatic N) is 2. The van der Waals surface area contributed by atoms with Crippen molar-refractivity contribution in [3.8, 4) is 11.3 Å². The van der Waals surface area contributed by atoms with Crippen molar-refractivity contribution in [1.82, 2.24) is 4.98 Å². The van der Waals surface area contributed by atoms with Crippen LogP contribution in [0.4, 0.5) is 10.1 Å². The molecule has 1 aromatic heterocycles. The minimum absolute atomic E-state index is 0.0183. The number of amides is 1. The Labute approximate surface area is 192 Å². The Kier molecular flexibility index (Phi) is 4.66. The van der Waals surface area contributed by atoms with Gasteiger partial charge in [0.25, 0.3) is 0 Å². The molecule has 1 fully saturated rings. The Hall–Kier alpha value is -3.06. The molecule has 1 amide bonds. The molecule has 0 unspecified atom stereocenters. The van der Waals surface area contributed by atoms with Crippen LogP contribution in [-0.4, -0.2) is 26.9 Å². The molecule has 0 saturated heterocycles. The molecule has 0 spiro atoms. The summed E-state index contributed by atoms with van der Waals surface area (Å²) in [6.45, 7) is 0.492. The molecule has 6 rings (SSSR count). The molecule has 2 heterocycles. The number of hydrogen-bond donors (Lipinski definition) is 1. The zero-order chi connectivity index (χ0) is 22.7. The van der Waals surface area contributed by atoms with Crippen molar-refractivity contribution in [2.24, 2.45) is 5.92 Å². The lowest BCUT2D eigenvalue weighted by molar-refractivity contribution is -0.122. The average molecular weight is 462 g/mol. The number of benzene rings is 2. The van der Waals surface area contributed by atoms with Crippen LogP contribution in [0.3, 0.4) is 0 Å². The van der Waals surface area contributed by atoms with Gasteiger partial charge in [-0.25, -0.2) is 13.4 Å². The highest BCUT2D eigenvalue weighted by Crippen LogP contribution is 2.40. The number of carbonyl (C=O) groups excluding carboxylic acids is 1. The van der Waals surface area contributed by atoms with Gasteiger partial charge in [0.15, 0.2) is 0 Å². The molecule has 1 saturated carbocycles. The number of pyridine rings is 1. The second kappa shape index (κ2) is 7.48. The molecule has 168 valence electrons. The molecule has 0 radical (unpaired) electrons. The van der Waals surface area contributed by atoms with E-state index in [1.54, 1.807) is 11.1 Å². The Balaban J connectivity index is 1.27. The van der Waals surface area contributed by atoms with Crippen molar-refractivity contribution in [3.63, 3.8) is 0 Å². The van der Waals surface area contributed by atoms with E-state index in [-0.39, 0.29) is 22.0 Å². The van der Waals surface area contributed by atoms with Crippen molar-refractivity contribution < 1.29 is 13.4 Å². The predicted octanol–water partition coefficient (Wildman–Crippen LogP) is 4.76. The van der Waals surface area contributed by atoms with Crippen LogP contribution in [0.15, 0.2) is 59.6 Å². The number of anilines is 1. The molecule has 1 aliphatic heterocycles. The van der Waals surface area contributed by atoms with Gasteiger partial charge in [-0.1, -0.05) is 18.2 Å².